The molecule has 0 aliphatic heterocycles. The maximum atomic E-state index is 10.6. The molecule has 0 heterocycles. The second-order valence-electron chi connectivity index (χ2n) is 3.37. The molecular formula is C11H12N2O2. The first-order valence-electron chi connectivity index (χ1n) is 4.54. The van der Waals surface area contributed by atoms with E-state index >= 15 is 0 Å². The van der Waals surface area contributed by atoms with Gasteiger partial charge < -0.3 is 10.4 Å². The van der Waals surface area contributed by atoms with Crippen LogP contribution in [-0.2, 0) is 4.79 Å². The summed E-state index contributed by atoms with van der Waals surface area (Å²) in [5, 5.41) is 20.3. The fourth-order valence-electron chi connectivity index (χ4n) is 1.17. The molecule has 1 aromatic rings. The van der Waals surface area contributed by atoms with Crippen molar-refractivity contribution >= 4 is 11.7 Å². The second kappa shape index (κ2) is 4.47. The van der Waals surface area contributed by atoms with Crippen LogP contribution in [0.25, 0.3) is 0 Å². The number of nitrogens with zero attached hydrogens (tertiary/aromatic N) is 1. The van der Waals surface area contributed by atoms with E-state index < -0.39 is 12.0 Å². The molecule has 0 radical (unpaired) electrons. The van der Waals surface area contributed by atoms with Gasteiger partial charge in [-0.3, -0.25) is 4.79 Å². The molecule has 0 aliphatic rings. The molecule has 0 bridgehead atoms. The number of nitriles is 1. The molecule has 1 atom stereocenters. The van der Waals surface area contributed by atoms with E-state index in [1.165, 1.54) is 6.92 Å². The van der Waals surface area contributed by atoms with Gasteiger partial charge >= 0.3 is 5.97 Å². The van der Waals surface area contributed by atoms with Crippen molar-refractivity contribution in [1.29, 1.82) is 5.26 Å². The van der Waals surface area contributed by atoms with Gasteiger partial charge in [0.1, 0.15) is 12.1 Å². The molecule has 0 fully saturated rings. The highest BCUT2D eigenvalue weighted by Crippen LogP contribution is 2.17. The normalized spacial score (nSPS) is 11.5. The first-order valence-corrected chi connectivity index (χ1v) is 4.54. The van der Waals surface area contributed by atoms with Crippen LogP contribution in [0.1, 0.15) is 18.1 Å². The van der Waals surface area contributed by atoms with Gasteiger partial charge in [-0.1, -0.05) is 6.07 Å². The molecular weight excluding hydrogens is 192 g/mol. The first kappa shape index (κ1) is 11.1. The Morgan fingerprint density at radius 3 is 2.80 bits per heavy atom. The quantitative estimate of drug-likeness (QED) is 0.786. The van der Waals surface area contributed by atoms with E-state index in [9.17, 15) is 4.79 Å². The highest BCUT2D eigenvalue weighted by molar-refractivity contribution is 5.77. The van der Waals surface area contributed by atoms with Crippen LogP contribution < -0.4 is 5.32 Å². The molecule has 4 heteroatoms. The Kier molecular flexibility index (Phi) is 3.29. The first-order chi connectivity index (χ1) is 7.04. The lowest BCUT2D eigenvalue weighted by Crippen LogP contribution is -2.25. The molecule has 78 valence electrons. The van der Waals surface area contributed by atoms with E-state index in [1.807, 2.05) is 19.1 Å². The van der Waals surface area contributed by atoms with Crippen LogP contribution >= 0.6 is 0 Å². The number of hydrogen-bond acceptors (Lipinski definition) is 3. The number of aryl methyl sites for hydroxylation is 1. The van der Waals surface area contributed by atoms with E-state index in [4.69, 9.17) is 10.4 Å². The standard InChI is InChI=1S/C11H12N2O2/c1-7-3-4-10(9(5-7)6-12)13-8(2)11(14)15/h3-5,8,13H,1-2H3,(H,14,15). The molecule has 1 rings (SSSR count). The van der Waals surface area contributed by atoms with Gasteiger partial charge in [-0.2, -0.15) is 5.26 Å². The minimum absolute atomic E-state index is 0.461. The fraction of sp³-hybridized carbons (Fsp3) is 0.273. The molecule has 2 N–H and O–H groups in total. The molecule has 1 aromatic carbocycles. The van der Waals surface area contributed by atoms with Gasteiger partial charge in [0, 0.05) is 0 Å². The summed E-state index contributed by atoms with van der Waals surface area (Å²) in [6.07, 6.45) is 0. The highest BCUT2D eigenvalue weighted by atomic mass is 16.4. The maximum Gasteiger partial charge on any atom is 0.325 e. The van der Waals surface area contributed by atoms with E-state index in [0.29, 0.717) is 11.3 Å². The van der Waals surface area contributed by atoms with Gasteiger partial charge in [0.25, 0.3) is 0 Å². The van der Waals surface area contributed by atoms with Crippen LogP contribution in [0.4, 0.5) is 5.69 Å². The highest BCUT2D eigenvalue weighted by Gasteiger charge is 2.12. The maximum absolute atomic E-state index is 10.6. The van der Waals surface area contributed by atoms with Gasteiger partial charge in [0.05, 0.1) is 11.3 Å². The molecule has 15 heavy (non-hydrogen) atoms. The number of anilines is 1. The van der Waals surface area contributed by atoms with Crippen molar-refractivity contribution in [2.45, 2.75) is 19.9 Å². The van der Waals surface area contributed by atoms with Crippen molar-refractivity contribution < 1.29 is 9.90 Å². The number of carbonyl (C=O) groups is 1. The topological polar surface area (TPSA) is 73.1 Å². The number of carboxylic acids is 1. The Balaban J connectivity index is 2.96. The zero-order valence-corrected chi connectivity index (χ0v) is 8.61. The number of carboxylic acid groups (broad SMARTS) is 1. The van der Waals surface area contributed by atoms with Crippen molar-refractivity contribution in [1.82, 2.24) is 0 Å². The van der Waals surface area contributed by atoms with Crippen LogP contribution in [0.2, 0.25) is 0 Å². The van der Waals surface area contributed by atoms with E-state index in [1.54, 1.807) is 12.1 Å². The molecule has 0 aromatic heterocycles. The SMILES string of the molecule is Cc1ccc(NC(C)C(=O)O)c(C#N)c1. The van der Waals surface area contributed by atoms with Crippen LogP contribution in [0.3, 0.4) is 0 Å². The van der Waals surface area contributed by atoms with Crippen LogP contribution in [0.15, 0.2) is 18.2 Å². The number of benzene rings is 1. The molecule has 0 saturated heterocycles. The summed E-state index contributed by atoms with van der Waals surface area (Å²) in [5.41, 5.74) is 1.99. The Labute approximate surface area is 88.2 Å². The summed E-state index contributed by atoms with van der Waals surface area (Å²) < 4.78 is 0. The van der Waals surface area contributed by atoms with Crippen molar-refractivity contribution in [3.05, 3.63) is 29.3 Å². The largest absolute Gasteiger partial charge is 0.480 e. The third-order valence-corrected chi connectivity index (χ3v) is 2.04. The zero-order valence-electron chi connectivity index (χ0n) is 8.61. The summed E-state index contributed by atoms with van der Waals surface area (Å²) in [6.45, 7) is 3.41. The monoisotopic (exact) mass is 204 g/mol. The van der Waals surface area contributed by atoms with Crippen molar-refractivity contribution in [2.75, 3.05) is 5.32 Å². The van der Waals surface area contributed by atoms with Crippen molar-refractivity contribution in [2.24, 2.45) is 0 Å². The van der Waals surface area contributed by atoms with Gasteiger partial charge in [-0.25, -0.2) is 0 Å². The average Bonchev–Trinajstić information content (AvgIpc) is 2.20. The number of aliphatic carboxylic acids is 1. The van der Waals surface area contributed by atoms with E-state index in [-0.39, 0.29) is 0 Å². The third kappa shape index (κ3) is 2.71. The summed E-state index contributed by atoms with van der Waals surface area (Å²) >= 11 is 0. The van der Waals surface area contributed by atoms with E-state index in [0.717, 1.165) is 5.56 Å². The number of hydrogen-bond donors (Lipinski definition) is 2. The van der Waals surface area contributed by atoms with Gasteiger partial charge in [0.2, 0.25) is 0 Å². The second-order valence-corrected chi connectivity index (χ2v) is 3.37. The zero-order chi connectivity index (χ0) is 11.4. The molecule has 0 saturated carbocycles. The lowest BCUT2D eigenvalue weighted by Gasteiger charge is -2.12. The van der Waals surface area contributed by atoms with Crippen LogP contribution in [-0.4, -0.2) is 17.1 Å². The Morgan fingerprint density at radius 1 is 1.60 bits per heavy atom. The lowest BCUT2D eigenvalue weighted by molar-refractivity contribution is -0.137. The van der Waals surface area contributed by atoms with Crippen LogP contribution in [0, 0.1) is 18.3 Å². The van der Waals surface area contributed by atoms with Gasteiger partial charge in [-0.15, -0.1) is 0 Å². The fourth-order valence-corrected chi connectivity index (χ4v) is 1.17. The Hall–Kier alpha value is -2.02. The minimum Gasteiger partial charge on any atom is -0.480 e. The predicted octanol–water partition coefficient (Wildman–Crippen LogP) is 1.75. The third-order valence-electron chi connectivity index (χ3n) is 2.04. The number of rotatable bonds is 3. The van der Waals surface area contributed by atoms with Crippen molar-refractivity contribution in [3.63, 3.8) is 0 Å². The predicted molar refractivity (Wildman–Crippen MR) is 56.6 cm³/mol. The minimum atomic E-state index is -0.945. The number of nitrogens with one attached hydrogen (secondary N) is 1. The van der Waals surface area contributed by atoms with Gasteiger partial charge in [-0.05, 0) is 31.5 Å². The van der Waals surface area contributed by atoms with E-state index in [2.05, 4.69) is 5.32 Å². The van der Waals surface area contributed by atoms with Crippen LogP contribution in [0.5, 0.6) is 0 Å². The Morgan fingerprint density at radius 2 is 2.27 bits per heavy atom. The summed E-state index contributed by atoms with van der Waals surface area (Å²) in [4.78, 5) is 10.6. The Bertz CT molecular complexity index is 421. The summed E-state index contributed by atoms with van der Waals surface area (Å²) in [5.74, 6) is -0.945. The van der Waals surface area contributed by atoms with Crippen molar-refractivity contribution in [3.8, 4) is 6.07 Å². The molecule has 1 unspecified atom stereocenters. The molecule has 0 aliphatic carbocycles. The van der Waals surface area contributed by atoms with Gasteiger partial charge in [0.15, 0.2) is 0 Å². The summed E-state index contributed by atoms with van der Waals surface area (Å²) in [7, 11) is 0. The molecule has 0 spiro atoms. The average molecular weight is 204 g/mol. The molecule has 0 amide bonds. The lowest BCUT2D eigenvalue weighted by atomic mass is 10.1. The smallest absolute Gasteiger partial charge is 0.325 e. The molecule has 4 nitrogen and oxygen atoms in total. The summed E-state index contributed by atoms with van der Waals surface area (Å²) in [6, 6.07) is 6.58.